The third-order valence-corrected chi connectivity index (χ3v) is 4.91. The number of hydrogen-bond acceptors (Lipinski definition) is 3. The fourth-order valence-corrected chi connectivity index (χ4v) is 3.73. The summed E-state index contributed by atoms with van der Waals surface area (Å²) in [6.45, 7) is -0.308. The molecule has 1 aliphatic heterocycles. The minimum atomic E-state index is -0.308. The molecule has 0 aromatic rings. The van der Waals surface area contributed by atoms with Gasteiger partial charge in [0.15, 0.2) is 5.78 Å². The van der Waals surface area contributed by atoms with Crippen molar-refractivity contribution >= 4 is 5.78 Å². The SMILES string of the molecule is C1CCCCC1.O=C(CO)C1CC2CCCCC2N1. The van der Waals surface area contributed by atoms with Crippen LogP contribution >= 0.6 is 0 Å². The van der Waals surface area contributed by atoms with E-state index >= 15 is 0 Å². The molecule has 2 N–H and O–H groups in total. The van der Waals surface area contributed by atoms with E-state index in [2.05, 4.69) is 5.32 Å². The van der Waals surface area contributed by atoms with Crippen molar-refractivity contribution in [2.24, 2.45) is 5.92 Å². The Morgan fingerprint density at radius 1 is 0.947 bits per heavy atom. The summed E-state index contributed by atoms with van der Waals surface area (Å²) in [5.41, 5.74) is 0. The van der Waals surface area contributed by atoms with Gasteiger partial charge in [-0.1, -0.05) is 51.4 Å². The number of carbonyl (C=O) groups is 1. The Morgan fingerprint density at radius 3 is 2.05 bits per heavy atom. The fourth-order valence-electron chi connectivity index (χ4n) is 3.73. The molecule has 0 amide bonds. The summed E-state index contributed by atoms with van der Waals surface area (Å²) in [5.74, 6) is 0.656. The van der Waals surface area contributed by atoms with Crippen LogP contribution in [0.5, 0.6) is 0 Å². The van der Waals surface area contributed by atoms with Crippen LogP contribution in [0.3, 0.4) is 0 Å². The van der Waals surface area contributed by atoms with Crippen LogP contribution in [-0.4, -0.2) is 29.6 Å². The van der Waals surface area contributed by atoms with Gasteiger partial charge in [-0.25, -0.2) is 0 Å². The van der Waals surface area contributed by atoms with Gasteiger partial charge < -0.3 is 10.4 Å². The Kier molecular flexibility index (Phi) is 6.32. The number of aliphatic hydroxyl groups excluding tert-OH is 1. The first kappa shape index (κ1) is 15.0. The first-order valence-corrected chi connectivity index (χ1v) is 8.21. The molecule has 3 unspecified atom stereocenters. The van der Waals surface area contributed by atoms with Crippen molar-refractivity contribution in [3.63, 3.8) is 0 Å². The van der Waals surface area contributed by atoms with Gasteiger partial charge >= 0.3 is 0 Å². The molecule has 0 radical (unpaired) electrons. The van der Waals surface area contributed by atoms with Crippen LogP contribution in [0.15, 0.2) is 0 Å². The topological polar surface area (TPSA) is 49.3 Å². The van der Waals surface area contributed by atoms with Crippen molar-refractivity contribution in [1.82, 2.24) is 5.32 Å². The second-order valence-corrected chi connectivity index (χ2v) is 6.35. The van der Waals surface area contributed by atoms with Gasteiger partial charge in [0, 0.05) is 6.04 Å². The second-order valence-electron chi connectivity index (χ2n) is 6.35. The quantitative estimate of drug-likeness (QED) is 0.809. The highest BCUT2D eigenvalue weighted by molar-refractivity contribution is 5.85. The number of fused-ring (bicyclic) bond motifs is 1. The molecule has 1 saturated heterocycles. The first-order valence-electron chi connectivity index (χ1n) is 8.21. The highest BCUT2D eigenvalue weighted by Crippen LogP contribution is 2.33. The van der Waals surface area contributed by atoms with Crippen molar-refractivity contribution in [1.29, 1.82) is 0 Å². The van der Waals surface area contributed by atoms with E-state index in [0.717, 1.165) is 6.42 Å². The molecule has 3 rings (SSSR count). The molecule has 3 fully saturated rings. The third kappa shape index (κ3) is 4.57. The van der Waals surface area contributed by atoms with Crippen molar-refractivity contribution in [2.75, 3.05) is 6.61 Å². The molecule has 0 bridgehead atoms. The summed E-state index contributed by atoms with van der Waals surface area (Å²) in [6, 6.07) is 0.493. The van der Waals surface area contributed by atoms with Crippen LogP contribution in [0.4, 0.5) is 0 Å². The van der Waals surface area contributed by atoms with E-state index in [-0.39, 0.29) is 18.4 Å². The van der Waals surface area contributed by atoms with E-state index in [9.17, 15) is 4.79 Å². The Labute approximate surface area is 117 Å². The van der Waals surface area contributed by atoms with Gasteiger partial charge in [0.2, 0.25) is 0 Å². The third-order valence-electron chi connectivity index (χ3n) is 4.91. The predicted molar refractivity (Wildman–Crippen MR) is 77.1 cm³/mol. The largest absolute Gasteiger partial charge is 0.389 e. The normalized spacial score (nSPS) is 34.1. The van der Waals surface area contributed by atoms with E-state index in [1.54, 1.807) is 0 Å². The van der Waals surface area contributed by atoms with Gasteiger partial charge in [0.1, 0.15) is 6.61 Å². The maximum atomic E-state index is 11.2. The number of aliphatic hydroxyl groups is 1. The van der Waals surface area contributed by atoms with E-state index in [1.165, 1.54) is 64.2 Å². The molecule has 0 spiro atoms. The van der Waals surface area contributed by atoms with Crippen LogP contribution in [0.1, 0.15) is 70.6 Å². The molecule has 3 nitrogen and oxygen atoms in total. The van der Waals surface area contributed by atoms with Crippen molar-refractivity contribution < 1.29 is 9.90 Å². The Morgan fingerprint density at radius 2 is 1.53 bits per heavy atom. The van der Waals surface area contributed by atoms with Crippen molar-refractivity contribution in [3.8, 4) is 0 Å². The van der Waals surface area contributed by atoms with Crippen LogP contribution in [0, 0.1) is 5.92 Å². The smallest absolute Gasteiger partial charge is 0.175 e. The van der Waals surface area contributed by atoms with Crippen molar-refractivity contribution in [2.45, 2.75) is 82.7 Å². The minimum absolute atomic E-state index is 0.0330. The van der Waals surface area contributed by atoms with Crippen LogP contribution in [0.25, 0.3) is 0 Å². The van der Waals surface area contributed by atoms with E-state index in [0.29, 0.717) is 12.0 Å². The lowest BCUT2D eigenvalue weighted by Gasteiger charge is -2.24. The molecule has 0 aromatic carbocycles. The molecule has 3 aliphatic rings. The van der Waals surface area contributed by atoms with Gasteiger partial charge in [0.25, 0.3) is 0 Å². The van der Waals surface area contributed by atoms with E-state index < -0.39 is 0 Å². The number of ketones is 1. The molecule has 1 heterocycles. The van der Waals surface area contributed by atoms with Crippen LogP contribution in [0.2, 0.25) is 0 Å². The summed E-state index contributed by atoms with van der Waals surface area (Å²) in [6.07, 6.45) is 15.0. The fraction of sp³-hybridized carbons (Fsp3) is 0.938. The summed E-state index contributed by atoms with van der Waals surface area (Å²) in [7, 11) is 0. The summed E-state index contributed by atoms with van der Waals surface area (Å²) in [5, 5.41) is 12.1. The molecular weight excluding hydrogens is 238 g/mol. The van der Waals surface area contributed by atoms with Gasteiger partial charge in [-0.15, -0.1) is 0 Å². The maximum absolute atomic E-state index is 11.2. The molecule has 3 heteroatoms. The van der Waals surface area contributed by atoms with Gasteiger partial charge in [-0.2, -0.15) is 0 Å². The number of carbonyl (C=O) groups excluding carboxylic acids is 1. The summed E-state index contributed by atoms with van der Waals surface area (Å²) < 4.78 is 0. The summed E-state index contributed by atoms with van der Waals surface area (Å²) >= 11 is 0. The maximum Gasteiger partial charge on any atom is 0.175 e. The standard InChI is InChI=1S/C10H17NO2.C6H12/c12-6-10(13)9-5-7-3-1-2-4-8(7)11-9;1-2-4-6-5-3-1/h7-9,11-12H,1-6H2;1-6H2. The molecule has 2 saturated carbocycles. The molecule has 19 heavy (non-hydrogen) atoms. The van der Waals surface area contributed by atoms with E-state index in [4.69, 9.17) is 5.11 Å². The number of hydrogen-bond donors (Lipinski definition) is 2. The molecular formula is C16H29NO2. The lowest BCUT2D eigenvalue weighted by atomic mass is 9.85. The van der Waals surface area contributed by atoms with Crippen LogP contribution in [-0.2, 0) is 4.79 Å². The number of rotatable bonds is 2. The average molecular weight is 267 g/mol. The second kappa shape index (κ2) is 8.01. The Balaban J connectivity index is 0.000000186. The minimum Gasteiger partial charge on any atom is -0.389 e. The number of Topliss-reactive ketones (excluding diaryl/α,β-unsaturated/α-hetero) is 1. The zero-order valence-electron chi connectivity index (χ0n) is 12.1. The highest BCUT2D eigenvalue weighted by atomic mass is 16.3. The van der Waals surface area contributed by atoms with Crippen LogP contribution < -0.4 is 5.32 Å². The monoisotopic (exact) mass is 267 g/mol. The first-order chi connectivity index (χ1) is 9.31. The highest BCUT2D eigenvalue weighted by Gasteiger charge is 2.37. The lowest BCUT2D eigenvalue weighted by molar-refractivity contribution is -0.123. The average Bonchev–Trinajstić information content (AvgIpc) is 2.93. The Bertz CT molecular complexity index is 250. The zero-order valence-corrected chi connectivity index (χ0v) is 12.1. The summed E-state index contributed by atoms with van der Waals surface area (Å²) in [4.78, 5) is 11.2. The molecule has 0 aromatic heterocycles. The number of nitrogens with one attached hydrogen (secondary N) is 1. The molecule has 110 valence electrons. The molecule has 2 aliphatic carbocycles. The van der Waals surface area contributed by atoms with Gasteiger partial charge in [-0.05, 0) is 25.2 Å². The van der Waals surface area contributed by atoms with Gasteiger partial charge in [-0.3, -0.25) is 4.79 Å². The molecule has 3 atom stereocenters. The lowest BCUT2D eigenvalue weighted by Crippen LogP contribution is -2.38. The van der Waals surface area contributed by atoms with Gasteiger partial charge in [0.05, 0.1) is 6.04 Å². The predicted octanol–water partition coefficient (Wildman–Crippen LogP) is 2.81. The zero-order chi connectivity index (χ0) is 13.5. The van der Waals surface area contributed by atoms with E-state index in [1.807, 2.05) is 0 Å². The van der Waals surface area contributed by atoms with Crippen molar-refractivity contribution in [3.05, 3.63) is 0 Å². The Hall–Kier alpha value is -0.410.